The van der Waals surface area contributed by atoms with Crippen LogP contribution in [-0.2, 0) is 14.4 Å². The van der Waals surface area contributed by atoms with Crippen LogP contribution < -0.4 is 5.32 Å². The fourth-order valence-corrected chi connectivity index (χ4v) is 3.47. The van der Waals surface area contributed by atoms with Gasteiger partial charge < -0.3 is 15.3 Å². The Labute approximate surface area is 131 Å². The van der Waals surface area contributed by atoms with Gasteiger partial charge in [-0.1, -0.05) is 12.8 Å². The van der Waals surface area contributed by atoms with Crippen LogP contribution >= 0.6 is 0 Å². The number of piperidine rings is 1. The zero-order valence-electron chi connectivity index (χ0n) is 13.2. The van der Waals surface area contributed by atoms with Gasteiger partial charge in [0, 0.05) is 24.9 Å². The van der Waals surface area contributed by atoms with Crippen LogP contribution in [0.2, 0.25) is 0 Å². The second-order valence-corrected chi connectivity index (χ2v) is 6.53. The maximum Gasteiger partial charge on any atom is 0.326 e. The molecule has 6 nitrogen and oxygen atoms in total. The predicted octanol–water partition coefficient (Wildman–Crippen LogP) is 1.54. The molecule has 1 saturated carbocycles. The summed E-state index contributed by atoms with van der Waals surface area (Å²) >= 11 is 0. The van der Waals surface area contributed by atoms with Gasteiger partial charge in [-0.3, -0.25) is 9.59 Å². The van der Waals surface area contributed by atoms with Gasteiger partial charge in [-0.15, -0.1) is 0 Å². The van der Waals surface area contributed by atoms with Crippen molar-refractivity contribution in [3.05, 3.63) is 0 Å². The van der Waals surface area contributed by atoms with Crippen LogP contribution in [0.1, 0.15) is 58.3 Å². The fraction of sp³-hybridized carbons (Fsp3) is 0.812. The Hall–Kier alpha value is -1.59. The van der Waals surface area contributed by atoms with Gasteiger partial charge in [0.05, 0.1) is 0 Å². The van der Waals surface area contributed by atoms with Crippen LogP contribution in [-0.4, -0.2) is 46.4 Å². The molecule has 2 aliphatic rings. The molecule has 0 spiro atoms. The van der Waals surface area contributed by atoms with Gasteiger partial charge in [0.15, 0.2) is 0 Å². The number of rotatable bonds is 5. The van der Waals surface area contributed by atoms with E-state index in [2.05, 4.69) is 5.32 Å². The summed E-state index contributed by atoms with van der Waals surface area (Å²) < 4.78 is 0. The average Bonchev–Trinajstić information content (AvgIpc) is 3.01. The van der Waals surface area contributed by atoms with Gasteiger partial charge in [-0.25, -0.2) is 4.79 Å². The molecule has 1 heterocycles. The fourth-order valence-electron chi connectivity index (χ4n) is 3.47. The molecule has 1 aliphatic carbocycles. The Balaban J connectivity index is 1.84. The van der Waals surface area contributed by atoms with Crippen molar-refractivity contribution >= 4 is 17.8 Å². The van der Waals surface area contributed by atoms with Crippen molar-refractivity contribution in [2.24, 2.45) is 5.92 Å². The van der Waals surface area contributed by atoms with Crippen molar-refractivity contribution in [2.45, 2.75) is 70.4 Å². The predicted molar refractivity (Wildman–Crippen MR) is 81.2 cm³/mol. The van der Waals surface area contributed by atoms with Crippen LogP contribution in [0.15, 0.2) is 0 Å². The molecule has 2 N–H and O–H groups in total. The number of carbonyl (C=O) groups is 3. The number of carboxylic acid groups (broad SMARTS) is 1. The number of nitrogens with zero attached hydrogens (tertiary/aromatic N) is 1. The number of amides is 2. The molecule has 0 aromatic heterocycles. The minimum atomic E-state index is -0.935. The monoisotopic (exact) mass is 310 g/mol. The molecule has 1 saturated heterocycles. The van der Waals surface area contributed by atoms with E-state index in [1.807, 2.05) is 6.92 Å². The molecular weight excluding hydrogens is 284 g/mol. The lowest BCUT2D eigenvalue weighted by molar-refractivity contribution is -0.152. The van der Waals surface area contributed by atoms with E-state index in [9.17, 15) is 19.5 Å². The lowest BCUT2D eigenvalue weighted by atomic mass is 10.0. The zero-order chi connectivity index (χ0) is 16.1. The molecule has 2 rings (SSSR count). The summed E-state index contributed by atoms with van der Waals surface area (Å²) in [6, 6.07) is -0.962. The lowest BCUT2D eigenvalue weighted by Crippen LogP contribution is -2.49. The van der Waals surface area contributed by atoms with Gasteiger partial charge in [0.2, 0.25) is 11.8 Å². The minimum Gasteiger partial charge on any atom is -0.480 e. The third kappa shape index (κ3) is 4.21. The average molecular weight is 310 g/mol. The Morgan fingerprint density at radius 3 is 2.41 bits per heavy atom. The molecule has 0 bridgehead atoms. The topological polar surface area (TPSA) is 86.7 Å². The van der Waals surface area contributed by atoms with Crippen molar-refractivity contribution in [3.8, 4) is 0 Å². The highest BCUT2D eigenvalue weighted by atomic mass is 16.4. The number of hydrogen-bond donors (Lipinski definition) is 2. The summed E-state index contributed by atoms with van der Waals surface area (Å²) in [6.45, 7) is 2.31. The normalized spacial score (nSPS) is 24.0. The van der Waals surface area contributed by atoms with E-state index in [1.165, 1.54) is 4.90 Å². The maximum absolute atomic E-state index is 12.3. The quantitative estimate of drug-likeness (QED) is 0.806. The molecule has 22 heavy (non-hydrogen) atoms. The standard InChI is InChI=1S/C16H26N2O4/c1-11(17-15(20)12-6-2-3-7-12)10-14(19)18-9-5-4-8-13(18)16(21)22/h11-13H,2-10H2,1H3,(H,17,20)(H,21,22)/t11?,13-/m1/s1. The van der Waals surface area contributed by atoms with Gasteiger partial charge >= 0.3 is 5.97 Å². The highest BCUT2D eigenvalue weighted by Crippen LogP contribution is 2.25. The lowest BCUT2D eigenvalue weighted by Gasteiger charge is -2.33. The molecule has 0 aromatic rings. The van der Waals surface area contributed by atoms with Crippen molar-refractivity contribution in [1.29, 1.82) is 0 Å². The molecule has 0 radical (unpaired) electrons. The van der Waals surface area contributed by atoms with Crippen LogP contribution in [0.3, 0.4) is 0 Å². The van der Waals surface area contributed by atoms with Crippen LogP contribution in [0.4, 0.5) is 0 Å². The molecule has 0 aromatic carbocycles. The number of aliphatic carboxylic acids is 1. The largest absolute Gasteiger partial charge is 0.480 e. The second-order valence-electron chi connectivity index (χ2n) is 6.53. The molecule has 1 unspecified atom stereocenters. The number of carboxylic acids is 1. The highest BCUT2D eigenvalue weighted by molar-refractivity contribution is 5.85. The summed E-state index contributed by atoms with van der Waals surface area (Å²) in [5, 5.41) is 12.1. The summed E-state index contributed by atoms with van der Waals surface area (Å²) in [5.74, 6) is -0.993. The smallest absolute Gasteiger partial charge is 0.326 e. The van der Waals surface area contributed by atoms with E-state index in [0.29, 0.717) is 13.0 Å². The van der Waals surface area contributed by atoms with Crippen molar-refractivity contribution < 1.29 is 19.5 Å². The number of hydrogen-bond acceptors (Lipinski definition) is 3. The van der Waals surface area contributed by atoms with Crippen molar-refractivity contribution in [2.75, 3.05) is 6.54 Å². The zero-order valence-corrected chi connectivity index (χ0v) is 13.2. The Morgan fingerprint density at radius 1 is 1.14 bits per heavy atom. The maximum atomic E-state index is 12.3. The number of carbonyl (C=O) groups excluding carboxylic acids is 2. The summed E-state index contributed by atoms with van der Waals surface area (Å²) in [7, 11) is 0. The molecular formula is C16H26N2O4. The summed E-state index contributed by atoms with van der Waals surface area (Å²) in [5.41, 5.74) is 0. The first kappa shape index (κ1) is 16.8. The first-order valence-corrected chi connectivity index (χ1v) is 8.31. The van der Waals surface area contributed by atoms with Gasteiger partial charge in [-0.2, -0.15) is 0 Å². The minimum absolute atomic E-state index is 0.0335. The van der Waals surface area contributed by atoms with Crippen LogP contribution in [0.5, 0.6) is 0 Å². The van der Waals surface area contributed by atoms with E-state index >= 15 is 0 Å². The first-order valence-electron chi connectivity index (χ1n) is 8.31. The van der Waals surface area contributed by atoms with E-state index in [4.69, 9.17) is 0 Å². The highest BCUT2D eigenvalue weighted by Gasteiger charge is 2.32. The van der Waals surface area contributed by atoms with Crippen molar-refractivity contribution in [3.63, 3.8) is 0 Å². The Bertz CT molecular complexity index is 432. The third-order valence-electron chi connectivity index (χ3n) is 4.70. The van der Waals surface area contributed by atoms with Crippen LogP contribution in [0, 0.1) is 5.92 Å². The second kappa shape index (κ2) is 7.61. The molecule has 2 atom stereocenters. The van der Waals surface area contributed by atoms with Gasteiger partial charge in [0.1, 0.15) is 6.04 Å². The molecule has 2 fully saturated rings. The third-order valence-corrected chi connectivity index (χ3v) is 4.70. The summed E-state index contributed by atoms with van der Waals surface area (Å²) in [6.07, 6.45) is 6.43. The van der Waals surface area contributed by atoms with Gasteiger partial charge in [0.25, 0.3) is 0 Å². The Morgan fingerprint density at radius 2 is 1.77 bits per heavy atom. The van der Waals surface area contributed by atoms with Crippen molar-refractivity contribution in [1.82, 2.24) is 10.2 Å². The molecule has 6 heteroatoms. The Kier molecular flexibility index (Phi) is 5.80. The molecule has 1 aliphatic heterocycles. The number of nitrogens with one attached hydrogen (secondary N) is 1. The molecule has 124 valence electrons. The van der Waals surface area contributed by atoms with E-state index < -0.39 is 12.0 Å². The first-order chi connectivity index (χ1) is 10.5. The van der Waals surface area contributed by atoms with E-state index in [0.717, 1.165) is 38.5 Å². The van der Waals surface area contributed by atoms with E-state index in [-0.39, 0.29) is 30.2 Å². The number of likely N-dealkylation sites (tertiary alicyclic amines) is 1. The SMILES string of the molecule is CC(CC(=O)N1CCCC[C@@H]1C(=O)O)NC(=O)C1CCCC1. The summed E-state index contributed by atoms with van der Waals surface area (Å²) in [4.78, 5) is 37.1. The van der Waals surface area contributed by atoms with Gasteiger partial charge in [-0.05, 0) is 39.0 Å². The molecule has 2 amide bonds. The van der Waals surface area contributed by atoms with Crippen LogP contribution in [0.25, 0.3) is 0 Å². The van der Waals surface area contributed by atoms with E-state index in [1.54, 1.807) is 0 Å².